The molecule has 8 nitrogen and oxygen atoms in total. The van der Waals surface area contributed by atoms with E-state index in [-0.39, 0.29) is 30.0 Å². The standard InChI is InChI=1S/C17H26N4O4/c22-11-13-10-21(16(24)14-7-15(23)19-17(25)18-14)9-12(13)8-20-5-3-1-2-4-6-20/h7,12-13,22H,1-6,8-11H2,(H2,18,19,23,25)/t12-,13-/m1/s1. The maximum Gasteiger partial charge on any atom is 0.326 e. The number of aromatic amines is 2. The van der Waals surface area contributed by atoms with Gasteiger partial charge in [0.05, 0.1) is 0 Å². The van der Waals surface area contributed by atoms with Crippen molar-refractivity contribution in [2.45, 2.75) is 25.7 Å². The number of aliphatic hydroxyl groups excluding tert-OH is 1. The van der Waals surface area contributed by atoms with E-state index in [9.17, 15) is 19.5 Å². The molecule has 3 rings (SSSR count). The second-order valence-electron chi connectivity index (χ2n) is 7.13. The molecule has 2 saturated heterocycles. The Morgan fingerprint density at radius 1 is 1.08 bits per heavy atom. The third-order valence-corrected chi connectivity index (χ3v) is 5.28. The van der Waals surface area contributed by atoms with Gasteiger partial charge in [-0.1, -0.05) is 12.8 Å². The van der Waals surface area contributed by atoms with E-state index < -0.39 is 11.2 Å². The molecule has 25 heavy (non-hydrogen) atoms. The van der Waals surface area contributed by atoms with Gasteiger partial charge in [-0.15, -0.1) is 0 Å². The molecule has 1 amide bonds. The van der Waals surface area contributed by atoms with Gasteiger partial charge in [0.25, 0.3) is 11.5 Å². The lowest BCUT2D eigenvalue weighted by atomic mass is 9.96. The van der Waals surface area contributed by atoms with Crippen molar-refractivity contribution in [1.82, 2.24) is 19.8 Å². The molecule has 2 aliphatic rings. The van der Waals surface area contributed by atoms with Crippen LogP contribution in [0.25, 0.3) is 0 Å². The lowest BCUT2D eigenvalue weighted by Gasteiger charge is -2.26. The van der Waals surface area contributed by atoms with Crippen molar-refractivity contribution in [3.63, 3.8) is 0 Å². The highest BCUT2D eigenvalue weighted by atomic mass is 16.3. The van der Waals surface area contributed by atoms with E-state index in [1.165, 1.54) is 25.7 Å². The Kier molecular flexibility index (Phi) is 5.70. The number of carbonyl (C=O) groups excluding carboxylic acids is 1. The number of nitrogens with zero attached hydrogens (tertiary/aromatic N) is 2. The normalized spacial score (nSPS) is 25.1. The smallest absolute Gasteiger partial charge is 0.326 e. The van der Waals surface area contributed by atoms with Gasteiger partial charge in [-0.2, -0.15) is 0 Å². The summed E-state index contributed by atoms with van der Waals surface area (Å²) in [5.41, 5.74) is -1.28. The predicted molar refractivity (Wildman–Crippen MR) is 92.6 cm³/mol. The molecule has 0 radical (unpaired) electrons. The number of aliphatic hydroxyl groups is 1. The molecule has 0 bridgehead atoms. The fourth-order valence-corrected chi connectivity index (χ4v) is 3.92. The largest absolute Gasteiger partial charge is 0.396 e. The van der Waals surface area contributed by atoms with E-state index in [2.05, 4.69) is 14.9 Å². The fraction of sp³-hybridized carbons (Fsp3) is 0.706. The molecule has 0 unspecified atom stereocenters. The molecule has 0 aliphatic carbocycles. The second kappa shape index (κ2) is 7.97. The zero-order chi connectivity index (χ0) is 17.8. The van der Waals surface area contributed by atoms with Crippen LogP contribution in [0.5, 0.6) is 0 Å². The summed E-state index contributed by atoms with van der Waals surface area (Å²) in [4.78, 5) is 43.9. The SMILES string of the molecule is O=C(c1cc(=O)[nH]c(=O)[nH]1)N1C[C@@H](CN2CCCCCC2)[C@@H](CO)C1. The van der Waals surface area contributed by atoms with Gasteiger partial charge in [-0.05, 0) is 31.8 Å². The van der Waals surface area contributed by atoms with Crippen LogP contribution in [0.1, 0.15) is 36.2 Å². The number of aromatic nitrogens is 2. The first kappa shape index (κ1) is 17.9. The number of amides is 1. The monoisotopic (exact) mass is 350 g/mol. The molecular formula is C17H26N4O4. The van der Waals surface area contributed by atoms with Crippen molar-refractivity contribution in [3.8, 4) is 0 Å². The maximum absolute atomic E-state index is 12.6. The summed E-state index contributed by atoms with van der Waals surface area (Å²) in [5.74, 6) is -0.123. The lowest BCUT2D eigenvalue weighted by Crippen LogP contribution is -2.36. The Bertz CT molecular complexity index is 677. The molecule has 1 aromatic heterocycles. The minimum Gasteiger partial charge on any atom is -0.396 e. The van der Waals surface area contributed by atoms with Gasteiger partial charge >= 0.3 is 5.69 Å². The van der Waals surface area contributed by atoms with E-state index >= 15 is 0 Å². The lowest BCUT2D eigenvalue weighted by molar-refractivity contribution is 0.0772. The van der Waals surface area contributed by atoms with E-state index in [0.717, 1.165) is 25.7 Å². The van der Waals surface area contributed by atoms with Crippen LogP contribution >= 0.6 is 0 Å². The number of rotatable bonds is 4. The molecular weight excluding hydrogens is 324 g/mol. The van der Waals surface area contributed by atoms with Crippen molar-refractivity contribution < 1.29 is 9.90 Å². The van der Waals surface area contributed by atoms with Crippen LogP contribution in [0, 0.1) is 11.8 Å². The van der Waals surface area contributed by atoms with Gasteiger partial charge in [0.2, 0.25) is 0 Å². The summed E-state index contributed by atoms with van der Waals surface area (Å²) in [6.07, 6.45) is 4.94. The number of nitrogens with one attached hydrogen (secondary N) is 2. The van der Waals surface area contributed by atoms with E-state index in [1.54, 1.807) is 4.90 Å². The van der Waals surface area contributed by atoms with Crippen LogP contribution in [-0.4, -0.2) is 70.1 Å². The molecule has 138 valence electrons. The van der Waals surface area contributed by atoms with E-state index in [4.69, 9.17) is 0 Å². The van der Waals surface area contributed by atoms with Crippen molar-refractivity contribution in [3.05, 3.63) is 32.6 Å². The van der Waals surface area contributed by atoms with Crippen molar-refractivity contribution >= 4 is 5.91 Å². The topological polar surface area (TPSA) is 109 Å². The third kappa shape index (κ3) is 4.38. The van der Waals surface area contributed by atoms with Crippen molar-refractivity contribution in [2.75, 3.05) is 39.3 Å². The van der Waals surface area contributed by atoms with Gasteiger partial charge in [0.15, 0.2) is 0 Å². The summed E-state index contributed by atoms with van der Waals surface area (Å²) in [5, 5.41) is 9.71. The Hall–Kier alpha value is -1.93. The quantitative estimate of drug-likeness (QED) is 0.686. The Balaban J connectivity index is 1.68. The first-order valence-electron chi connectivity index (χ1n) is 9.03. The van der Waals surface area contributed by atoms with Gasteiger partial charge in [0, 0.05) is 38.2 Å². The molecule has 0 spiro atoms. The predicted octanol–water partition coefficient (Wildman–Crippen LogP) is -0.380. The van der Waals surface area contributed by atoms with Crippen molar-refractivity contribution in [2.24, 2.45) is 11.8 Å². The summed E-state index contributed by atoms with van der Waals surface area (Å²) in [7, 11) is 0. The van der Waals surface area contributed by atoms with Crippen LogP contribution < -0.4 is 11.2 Å². The highest BCUT2D eigenvalue weighted by Crippen LogP contribution is 2.26. The number of hydrogen-bond donors (Lipinski definition) is 3. The van der Waals surface area contributed by atoms with Gasteiger partial charge in [-0.25, -0.2) is 4.79 Å². The average molecular weight is 350 g/mol. The van der Waals surface area contributed by atoms with Gasteiger partial charge < -0.3 is 19.9 Å². The molecule has 3 heterocycles. The van der Waals surface area contributed by atoms with E-state index in [1.807, 2.05) is 0 Å². The van der Waals surface area contributed by atoms with E-state index in [0.29, 0.717) is 13.1 Å². The minimum atomic E-state index is -0.685. The zero-order valence-corrected chi connectivity index (χ0v) is 14.4. The number of hydrogen-bond acceptors (Lipinski definition) is 5. The molecule has 2 atom stereocenters. The molecule has 8 heteroatoms. The molecule has 3 N–H and O–H groups in total. The summed E-state index contributed by atoms with van der Waals surface area (Å²) in [6.45, 7) is 4.04. The highest BCUT2D eigenvalue weighted by molar-refractivity contribution is 5.92. The number of likely N-dealkylation sites (tertiary alicyclic amines) is 2. The zero-order valence-electron chi connectivity index (χ0n) is 14.4. The van der Waals surface area contributed by atoms with Gasteiger partial charge in [-0.3, -0.25) is 14.6 Å². The Morgan fingerprint density at radius 3 is 2.40 bits per heavy atom. The molecule has 2 aliphatic heterocycles. The maximum atomic E-state index is 12.6. The van der Waals surface area contributed by atoms with Crippen molar-refractivity contribution in [1.29, 1.82) is 0 Å². The Morgan fingerprint density at radius 2 is 1.76 bits per heavy atom. The molecule has 0 saturated carbocycles. The average Bonchev–Trinajstić information content (AvgIpc) is 2.80. The number of H-pyrrole nitrogens is 2. The van der Waals surface area contributed by atoms with Crippen LogP contribution in [-0.2, 0) is 0 Å². The van der Waals surface area contributed by atoms with Crippen LogP contribution in [0.4, 0.5) is 0 Å². The van der Waals surface area contributed by atoms with Gasteiger partial charge in [0.1, 0.15) is 5.69 Å². The third-order valence-electron chi connectivity index (χ3n) is 5.28. The molecule has 2 fully saturated rings. The Labute approximate surface area is 145 Å². The first-order chi connectivity index (χ1) is 12.1. The second-order valence-corrected chi connectivity index (χ2v) is 7.13. The summed E-state index contributed by atoms with van der Waals surface area (Å²) < 4.78 is 0. The van der Waals surface area contributed by atoms with Crippen LogP contribution in [0.2, 0.25) is 0 Å². The summed E-state index contributed by atoms with van der Waals surface area (Å²) in [6, 6.07) is 1.11. The fourth-order valence-electron chi connectivity index (χ4n) is 3.92. The number of carbonyl (C=O) groups is 1. The molecule has 1 aromatic rings. The van der Waals surface area contributed by atoms with Crippen LogP contribution in [0.15, 0.2) is 15.7 Å². The summed E-state index contributed by atoms with van der Waals surface area (Å²) >= 11 is 0. The molecule has 0 aromatic carbocycles. The first-order valence-corrected chi connectivity index (χ1v) is 9.03. The minimum absolute atomic E-state index is 0.000798. The van der Waals surface area contributed by atoms with Crippen LogP contribution in [0.3, 0.4) is 0 Å². The highest BCUT2D eigenvalue weighted by Gasteiger charge is 2.36.